The van der Waals surface area contributed by atoms with Crippen LogP contribution in [0.3, 0.4) is 0 Å². The van der Waals surface area contributed by atoms with Crippen molar-refractivity contribution < 1.29 is 19.4 Å². The Labute approximate surface area is 216 Å². The summed E-state index contributed by atoms with van der Waals surface area (Å²) < 4.78 is 11.9. The van der Waals surface area contributed by atoms with Crippen molar-refractivity contribution in [3.8, 4) is 11.5 Å². The number of piperidine rings is 1. The zero-order valence-electron chi connectivity index (χ0n) is 21.2. The number of ether oxygens (including phenoxy) is 2. The summed E-state index contributed by atoms with van der Waals surface area (Å²) in [5.74, 6) is 3.13. The summed E-state index contributed by atoms with van der Waals surface area (Å²) >= 11 is 0. The molecule has 2 fully saturated rings. The highest BCUT2D eigenvalue weighted by atomic mass is 16.5. The predicted octanol–water partition coefficient (Wildman–Crippen LogP) is 3.74. The van der Waals surface area contributed by atoms with Crippen LogP contribution in [0.5, 0.6) is 11.5 Å². The Balaban J connectivity index is 1.24. The predicted molar refractivity (Wildman–Crippen MR) is 141 cm³/mol. The molecule has 1 saturated heterocycles. The van der Waals surface area contributed by atoms with E-state index in [9.17, 15) is 4.79 Å². The largest absolute Gasteiger partial charge is 0.493 e. The van der Waals surface area contributed by atoms with Gasteiger partial charge in [0.05, 0.1) is 25.4 Å². The Hall–Kier alpha value is -3.66. The summed E-state index contributed by atoms with van der Waals surface area (Å²) in [6, 6.07) is 7.56. The van der Waals surface area contributed by atoms with Gasteiger partial charge >= 0.3 is 0 Å². The summed E-state index contributed by atoms with van der Waals surface area (Å²) in [6.07, 6.45) is 9.26. The molecule has 1 amide bonds. The van der Waals surface area contributed by atoms with Gasteiger partial charge in [0.2, 0.25) is 5.91 Å². The van der Waals surface area contributed by atoms with Gasteiger partial charge in [0, 0.05) is 55.5 Å². The highest BCUT2D eigenvalue weighted by Gasteiger charge is 2.30. The lowest BCUT2D eigenvalue weighted by Crippen LogP contribution is -2.44. The number of carbonyl (C=O) groups excluding carboxylic acids is 1. The van der Waals surface area contributed by atoms with Gasteiger partial charge in [-0.1, -0.05) is 12.8 Å². The quantitative estimate of drug-likeness (QED) is 0.398. The molecular formula is C27H34N6O4. The Morgan fingerprint density at radius 1 is 1.08 bits per heavy atom. The number of rotatable bonds is 9. The van der Waals surface area contributed by atoms with E-state index in [-0.39, 0.29) is 18.6 Å². The number of nitrogens with one attached hydrogen (secondary N) is 2. The van der Waals surface area contributed by atoms with E-state index < -0.39 is 0 Å². The van der Waals surface area contributed by atoms with Crippen molar-refractivity contribution in [1.82, 2.24) is 19.9 Å². The van der Waals surface area contributed by atoms with E-state index in [2.05, 4.69) is 25.6 Å². The van der Waals surface area contributed by atoms with Gasteiger partial charge in [0.25, 0.3) is 0 Å². The number of hydrogen-bond donors (Lipinski definition) is 3. The molecule has 1 aliphatic carbocycles. The van der Waals surface area contributed by atoms with Crippen molar-refractivity contribution >= 4 is 34.1 Å². The van der Waals surface area contributed by atoms with Crippen LogP contribution in [0.1, 0.15) is 38.5 Å². The molecule has 2 aromatic heterocycles. The fourth-order valence-electron chi connectivity index (χ4n) is 5.12. The molecule has 2 aliphatic rings. The van der Waals surface area contributed by atoms with Crippen LogP contribution in [-0.2, 0) is 4.79 Å². The van der Waals surface area contributed by atoms with Crippen LogP contribution in [0.4, 0.5) is 17.3 Å². The summed E-state index contributed by atoms with van der Waals surface area (Å²) in [5.41, 5.74) is 1.50. The summed E-state index contributed by atoms with van der Waals surface area (Å²) in [5, 5.41) is 16.3. The normalized spacial score (nSPS) is 16.6. The van der Waals surface area contributed by atoms with E-state index >= 15 is 0 Å². The van der Waals surface area contributed by atoms with Crippen LogP contribution >= 0.6 is 0 Å². The number of aromatic nitrogens is 3. The molecule has 1 aliphatic heterocycles. The van der Waals surface area contributed by atoms with Crippen molar-refractivity contribution in [1.29, 1.82) is 0 Å². The third-order valence-corrected chi connectivity index (χ3v) is 7.12. The fourth-order valence-corrected chi connectivity index (χ4v) is 5.12. The lowest BCUT2D eigenvalue weighted by Gasteiger charge is -2.34. The summed E-state index contributed by atoms with van der Waals surface area (Å²) in [6.45, 7) is 1.91. The number of nitrogens with zero attached hydrogens (tertiary/aromatic N) is 4. The number of carbonyl (C=O) groups is 1. The first-order valence-corrected chi connectivity index (χ1v) is 13.0. The van der Waals surface area contributed by atoms with Gasteiger partial charge in [-0.15, -0.1) is 0 Å². The Morgan fingerprint density at radius 2 is 1.89 bits per heavy atom. The van der Waals surface area contributed by atoms with Gasteiger partial charge in [-0.3, -0.25) is 4.79 Å². The zero-order chi connectivity index (χ0) is 25.6. The Bertz CT molecular complexity index is 1220. The van der Waals surface area contributed by atoms with Crippen molar-refractivity contribution in [3.63, 3.8) is 0 Å². The monoisotopic (exact) mass is 506 g/mol. The second-order valence-corrected chi connectivity index (χ2v) is 9.57. The first-order chi connectivity index (χ1) is 18.1. The van der Waals surface area contributed by atoms with Crippen molar-refractivity contribution in [2.45, 2.75) is 44.6 Å². The topological polar surface area (TPSA) is 122 Å². The van der Waals surface area contributed by atoms with E-state index in [4.69, 9.17) is 14.6 Å². The maximum Gasteiger partial charge on any atom is 0.225 e. The number of methoxy groups -OCH3 is 1. The van der Waals surface area contributed by atoms with Crippen LogP contribution in [0, 0.1) is 5.92 Å². The molecule has 10 heteroatoms. The molecule has 1 aromatic carbocycles. The number of fused-ring (bicyclic) bond motifs is 1. The number of aliphatic hydroxyl groups excluding tert-OH is 1. The maximum absolute atomic E-state index is 12.7. The molecule has 0 atom stereocenters. The molecule has 0 bridgehead atoms. The molecule has 0 spiro atoms. The minimum atomic E-state index is 0.0159. The van der Waals surface area contributed by atoms with Gasteiger partial charge in [0.1, 0.15) is 24.1 Å². The number of pyridine rings is 1. The number of benzene rings is 1. The first kappa shape index (κ1) is 25.0. The van der Waals surface area contributed by atoms with E-state index in [1.54, 1.807) is 13.3 Å². The van der Waals surface area contributed by atoms with Gasteiger partial charge in [-0.2, -0.15) is 0 Å². The van der Waals surface area contributed by atoms with Gasteiger partial charge < -0.3 is 30.1 Å². The molecule has 3 N–H and O–H groups in total. The zero-order valence-corrected chi connectivity index (χ0v) is 21.2. The van der Waals surface area contributed by atoms with Gasteiger partial charge in [0.15, 0.2) is 11.5 Å². The number of aliphatic hydroxyl groups is 1. The van der Waals surface area contributed by atoms with Crippen molar-refractivity contribution in [2.24, 2.45) is 5.92 Å². The second kappa shape index (κ2) is 11.6. The van der Waals surface area contributed by atoms with Crippen LogP contribution < -0.4 is 20.1 Å². The van der Waals surface area contributed by atoms with Gasteiger partial charge in [-0.25, -0.2) is 15.0 Å². The Kier molecular flexibility index (Phi) is 7.84. The number of amides is 1. The fraction of sp³-hybridized carbons (Fsp3) is 0.481. The average Bonchev–Trinajstić information content (AvgIpc) is 3.48. The SMILES string of the molecule is COc1cc(Nc2ncnc3cnc(NCCO)cc23)ccc1OC1CCN(C(=O)C2CCCC2)CC1. The van der Waals surface area contributed by atoms with E-state index in [1.165, 1.54) is 19.2 Å². The highest BCUT2D eigenvalue weighted by molar-refractivity contribution is 5.91. The molecule has 3 heterocycles. The molecular weight excluding hydrogens is 472 g/mol. The number of likely N-dealkylation sites (tertiary alicyclic amines) is 1. The van der Waals surface area contributed by atoms with Crippen LogP contribution in [0.2, 0.25) is 0 Å². The molecule has 3 aromatic rings. The molecule has 10 nitrogen and oxygen atoms in total. The van der Waals surface area contributed by atoms with E-state index in [1.807, 2.05) is 29.2 Å². The summed E-state index contributed by atoms with van der Waals surface area (Å²) in [7, 11) is 1.62. The average molecular weight is 507 g/mol. The molecule has 196 valence electrons. The molecule has 37 heavy (non-hydrogen) atoms. The first-order valence-electron chi connectivity index (χ1n) is 13.0. The molecule has 1 saturated carbocycles. The molecule has 0 unspecified atom stereocenters. The molecule has 0 radical (unpaired) electrons. The minimum Gasteiger partial charge on any atom is -0.493 e. The van der Waals surface area contributed by atoms with E-state index in [0.717, 1.165) is 49.8 Å². The third-order valence-electron chi connectivity index (χ3n) is 7.12. The van der Waals surface area contributed by atoms with Gasteiger partial charge in [-0.05, 0) is 31.0 Å². The number of anilines is 3. The van der Waals surface area contributed by atoms with Crippen LogP contribution in [0.15, 0.2) is 36.8 Å². The highest BCUT2D eigenvalue weighted by Crippen LogP contribution is 2.35. The van der Waals surface area contributed by atoms with Crippen LogP contribution in [-0.4, -0.2) is 70.3 Å². The van der Waals surface area contributed by atoms with Crippen LogP contribution in [0.25, 0.3) is 10.9 Å². The Morgan fingerprint density at radius 3 is 2.65 bits per heavy atom. The second-order valence-electron chi connectivity index (χ2n) is 9.57. The standard InChI is InChI=1S/C27H34N6O4/c1-36-24-14-19(32-26-21-15-25(28-10-13-34)29-16-22(21)30-17-31-26)6-7-23(24)37-20-8-11-33(12-9-20)27(35)18-4-2-3-5-18/h6-7,14-18,20,34H,2-5,8-13H2,1H3,(H,28,29)(H,30,31,32). The van der Waals surface area contributed by atoms with Crippen molar-refractivity contribution in [3.05, 3.63) is 36.8 Å². The van der Waals surface area contributed by atoms with E-state index in [0.29, 0.717) is 41.1 Å². The summed E-state index contributed by atoms with van der Waals surface area (Å²) in [4.78, 5) is 27.8. The lowest BCUT2D eigenvalue weighted by atomic mass is 10.0. The maximum atomic E-state index is 12.7. The lowest BCUT2D eigenvalue weighted by molar-refractivity contribution is -0.137. The van der Waals surface area contributed by atoms with Crippen molar-refractivity contribution in [2.75, 3.05) is 44.0 Å². The number of hydrogen-bond acceptors (Lipinski definition) is 9. The third kappa shape index (κ3) is 5.85. The smallest absolute Gasteiger partial charge is 0.225 e. The molecule has 5 rings (SSSR count). The minimum absolute atomic E-state index is 0.0159.